The van der Waals surface area contributed by atoms with Crippen LogP contribution in [0, 0.1) is 0 Å². The van der Waals surface area contributed by atoms with Gasteiger partial charge in [-0.15, -0.1) is 0 Å². The van der Waals surface area contributed by atoms with Gasteiger partial charge in [-0.05, 0) is 39.2 Å². The number of carbonyl (C=O) groups excluding carboxylic acids is 1. The zero-order valence-corrected chi connectivity index (χ0v) is 12.5. The van der Waals surface area contributed by atoms with Crippen LogP contribution in [0.4, 0.5) is 10.5 Å². The Morgan fingerprint density at radius 1 is 1.33 bits per heavy atom. The van der Waals surface area contributed by atoms with Crippen LogP contribution in [0.25, 0.3) is 0 Å². The average Bonchev–Trinajstić information content (AvgIpc) is 2.43. The molecule has 0 atom stereocenters. The molecule has 1 aromatic carbocycles. The first-order valence-electron chi connectivity index (χ1n) is 6.55. The Balaban J connectivity index is 2.63. The summed E-state index contributed by atoms with van der Waals surface area (Å²) in [5.41, 5.74) is 0.214. The van der Waals surface area contributed by atoms with E-state index in [1.165, 1.54) is 25.3 Å². The Bertz CT molecular complexity index is 503. The molecule has 0 radical (unpaired) electrons. The summed E-state index contributed by atoms with van der Waals surface area (Å²) in [6.07, 6.45) is 0.810. The molecule has 7 heteroatoms. The lowest BCUT2D eigenvalue weighted by Crippen LogP contribution is -2.31. The van der Waals surface area contributed by atoms with Crippen molar-refractivity contribution in [1.29, 1.82) is 0 Å². The van der Waals surface area contributed by atoms with Gasteiger partial charge in [-0.3, -0.25) is 0 Å². The number of rotatable bonds is 7. The molecule has 3 N–H and O–H groups in total. The molecule has 0 aliphatic heterocycles. The highest BCUT2D eigenvalue weighted by atomic mass is 16.5. The van der Waals surface area contributed by atoms with E-state index in [0.717, 1.165) is 13.0 Å². The third kappa shape index (κ3) is 5.70. The Morgan fingerprint density at radius 2 is 2.05 bits per heavy atom. The molecule has 0 spiro atoms. The van der Waals surface area contributed by atoms with Crippen molar-refractivity contribution in [2.75, 3.05) is 39.6 Å². The number of carboxylic acids is 1. The predicted molar refractivity (Wildman–Crippen MR) is 80.1 cm³/mol. The summed E-state index contributed by atoms with van der Waals surface area (Å²) in [4.78, 5) is 24.9. The van der Waals surface area contributed by atoms with Crippen molar-refractivity contribution in [1.82, 2.24) is 10.2 Å². The second kappa shape index (κ2) is 8.11. The van der Waals surface area contributed by atoms with Crippen molar-refractivity contribution in [2.45, 2.75) is 6.42 Å². The first-order valence-corrected chi connectivity index (χ1v) is 6.55. The van der Waals surface area contributed by atoms with Crippen LogP contribution < -0.4 is 15.4 Å². The van der Waals surface area contributed by atoms with Gasteiger partial charge in [-0.2, -0.15) is 0 Å². The minimum Gasteiger partial charge on any atom is -0.497 e. The van der Waals surface area contributed by atoms with Crippen molar-refractivity contribution in [3.05, 3.63) is 23.8 Å². The Labute approximate surface area is 123 Å². The topological polar surface area (TPSA) is 90.9 Å². The third-order valence-electron chi connectivity index (χ3n) is 2.77. The van der Waals surface area contributed by atoms with E-state index in [1.807, 2.05) is 19.0 Å². The minimum absolute atomic E-state index is 0.0132. The van der Waals surface area contributed by atoms with E-state index in [9.17, 15) is 9.59 Å². The quantitative estimate of drug-likeness (QED) is 0.663. The van der Waals surface area contributed by atoms with Crippen molar-refractivity contribution in [3.8, 4) is 5.75 Å². The second-order valence-corrected chi connectivity index (χ2v) is 4.75. The molecule has 116 valence electrons. The highest BCUT2D eigenvalue weighted by Gasteiger charge is 2.13. The van der Waals surface area contributed by atoms with Gasteiger partial charge in [0.1, 0.15) is 5.75 Å². The average molecular weight is 295 g/mol. The lowest BCUT2D eigenvalue weighted by Gasteiger charge is -2.12. The smallest absolute Gasteiger partial charge is 0.337 e. The summed E-state index contributed by atoms with van der Waals surface area (Å²) in [5.74, 6) is -0.636. The van der Waals surface area contributed by atoms with Gasteiger partial charge in [-0.25, -0.2) is 9.59 Å². The maximum absolute atomic E-state index is 11.8. The summed E-state index contributed by atoms with van der Waals surface area (Å²) in [5, 5.41) is 14.3. The van der Waals surface area contributed by atoms with E-state index in [1.54, 1.807) is 0 Å². The summed E-state index contributed by atoms with van der Waals surface area (Å²) in [6.45, 7) is 1.37. The fourth-order valence-corrected chi connectivity index (χ4v) is 1.70. The number of anilines is 1. The number of carbonyl (C=O) groups is 2. The van der Waals surface area contributed by atoms with Gasteiger partial charge in [0.2, 0.25) is 0 Å². The number of nitrogens with zero attached hydrogens (tertiary/aromatic N) is 1. The molecule has 7 nitrogen and oxygen atoms in total. The first kappa shape index (κ1) is 16.8. The fourth-order valence-electron chi connectivity index (χ4n) is 1.70. The maximum atomic E-state index is 11.8. The molecule has 0 unspecified atom stereocenters. The number of aromatic carboxylic acids is 1. The van der Waals surface area contributed by atoms with Gasteiger partial charge in [0, 0.05) is 12.6 Å². The molecular weight excluding hydrogens is 274 g/mol. The van der Waals surface area contributed by atoms with Gasteiger partial charge in [0.05, 0.1) is 18.4 Å². The standard InChI is InChI=1S/C14H21N3O4/c1-17(2)8-4-7-15-14(20)16-12-9-10(21-3)5-6-11(12)13(18)19/h5-6,9H,4,7-8H2,1-3H3,(H,18,19)(H2,15,16,20). The van der Waals surface area contributed by atoms with E-state index in [4.69, 9.17) is 9.84 Å². The number of urea groups is 1. The summed E-state index contributed by atoms with van der Waals surface area (Å²) in [7, 11) is 5.38. The molecule has 0 saturated heterocycles. The molecule has 0 bridgehead atoms. The molecule has 0 aliphatic carbocycles. The predicted octanol–water partition coefficient (Wildman–Crippen LogP) is 1.47. The molecule has 0 fully saturated rings. The number of hydrogen-bond donors (Lipinski definition) is 3. The molecule has 0 aliphatic rings. The van der Waals surface area contributed by atoms with Crippen molar-refractivity contribution in [3.63, 3.8) is 0 Å². The Kier molecular flexibility index (Phi) is 6.48. The van der Waals surface area contributed by atoms with Crippen LogP contribution in [0.3, 0.4) is 0 Å². The van der Waals surface area contributed by atoms with Crippen LogP contribution in [0.15, 0.2) is 18.2 Å². The summed E-state index contributed by atoms with van der Waals surface area (Å²) in [6, 6.07) is 3.96. The molecule has 0 heterocycles. The van der Waals surface area contributed by atoms with E-state index >= 15 is 0 Å². The van der Waals surface area contributed by atoms with Crippen LogP contribution >= 0.6 is 0 Å². The lowest BCUT2D eigenvalue weighted by molar-refractivity contribution is 0.0698. The third-order valence-corrected chi connectivity index (χ3v) is 2.77. The monoisotopic (exact) mass is 295 g/mol. The van der Waals surface area contributed by atoms with Crippen LogP contribution in [-0.4, -0.2) is 56.3 Å². The Morgan fingerprint density at radius 3 is 2.62 bits per heavy atom. The van der Waals surface area contributed by atoms with E-state index in [-0.39, 0.29) is 11.3 Å². The second-order valence-electron chi connectivity index (χ2n) is 4.75. The van der Waals surface area contributed by atoms with E-state index in [2.05, 4.69) is 10.6 Å². The zero-order chi connectivity index (χ0) is 15.8. The van der Waals surface area contributed by atoms with Crippen molar-refractivity contribution < 1.29 is 19.4 Å². The lowest BCUT2D eigenvalue weighted by atomic mass is 10.1. The molecule has 2 amide bonds. The molecule has 21 heavy (non-hydrogen) atoms. The first-order chi connectivity index (χ1) is 9.93. The highest BCUT2D eigenvalue weighted by molar-refractivity contribution is 6.00. The maximum Gasteiger partial charge on any atom is 0.337 e. The van der Waals surface area contributed by atoms with Gasteiger partial charge >= 0.3 is 12.0 Å². The Hall–Kier alpha value is -2.28. The number of ether oxygens (including phenoxy) is 1. The van der Waals surface area contributed by atoms with Gasteiger partial charge < -0.3 is 25.4 Å². The number of hydrogen-bond acceptors (Lipinski definition) is 4. The zero-order valence-electron chi connectivity index (χ0n) is 12.5. The van der Waals surface area contributed by atoms with Crippen molar-refractivity contribution in [2.24, 2.45) is 0 Å². The molecule has 0 saturated carbocycles. The van der Waals surface area contributed by atoms with E-state index in [0.29, 0.717) is 12.3 Å². The fraction of sp³-hybridized carbons (Fsp3) is 0.429. The number of nitrogens with one attached hydrogen (secondary N) is 2. The van der Waals surface area contributed by atoms with Crippen LogP contribution in [-0.2, 0) is 0 Å². The number of methoxy groups -OCH3 is 1. The van der Waals surface area contributed by atoms with E-state index < -0.39 is 12.0 Å². The molecular formula is C14H21N3O4. The number of benzene rings is 1. The number of carboxylic acid groups (broad SMARTS) is 1. The molecule has 0 aromatic heterocycles. The van der Waals surface area contributed by atoms with Crippen molar-refractivity contribution >= 4 is 17.7 Å². The summed E-state index contributed by atoms with van der Waals surface area (Å²) < 4.78 is 5.03. The molecule has 1 aromatic rings. The molecule has 1 rings (SSSR count). The number of amides is 2. The SMILES string of the molecule is COc1ccc(C(=O)O)c(NC(=O)NCCCN(C)C)c1. The minimum atomic E-state index is -1.11. The van der Waals surface area contributed by atoms with Gasteiger partial charge in [0.25, 0.3) is 0 Å². The van der Waals surface area contributed by atoms with Crippen LogP contribution in [0.1, 0.15) is 16.8 Å². The normalized spacial score (nSPS) is 10.3. The highest BCUT2D eigenvalue weighted by Crippen LogP contribution is 2.22. The summed E-state index contributed by atoms with van der Waals surface area (Å²) >= 11 is 0. The van der Waals surface area contributed by atoms with Gasteiger partial charge in [0.15, 0.2) is 0 Å². The van der Waals surface area contributed by atoms with Crippen LogP contribution in [0.5, 0.6) is 5.75 Å². The van der Waals surface area contributed by atoms with Gasteiger partial charge in [-0.1, -0.05) is 0 Å². The largest absolute Gasteiger partial charge is 0.497 e. The van der Waals surface area contributed by atoms with Crippen LogP contribution in [0.2, 0.25) is 0 Å².